The molecule has 0 saturated heterocycles. The van der Waals surface area contributed by atoms with Gasteiger partial charge in [-0.15, -0.1) is 0 Å². The summed E-state index contributed by atoms with van der Waals surface area (Å²) in [5.41, 5.74) is 12.5. The van der Waals surface area contributed by atoms with Crippen molar-refractivity contribution >= 4 is 71.6 Å². The lowest BCUT2D eigenvalue weighted by molar-refractivity contribution is 0.598. The number of aromatic nitrogens is 4. The van der Waals surface area contributed by atoms with Crippen molar-refractivity contribution < 1.29 is 4.42 Å². The van der Waals surface area contributed by atoms with Crippen molar-refractivity contribution in [3.63, 3.8) is 0 Å². The van der Waals surface area contributed by atoms with Crippen molar-refractivity contribution in [2.75, 3.05) is 0 Å². The molecule has 0 fully saturated rings. The maximum atomic E-state index is 6.69. The smallest absolute Gasteiger partial charge is 0.235 e. The molecule has 7 aromatic carbocycles. The lowest BCUT2D eigenvalue weighted by atomic mass is 10.00. The number of benzene rings is 7. The molecular formula is C50H32N4O. The zero-order valence-corrected chi connectivity index (χ0v) is 29.8. The fourth-order valence-corrected chi connectivity index (χ4v) is 8.95. The van der Waals surface area contributed by atoms with E-state index in [9.17, 15) is 0 Å². The van der Waals surface area contributed by atoms with Crippen LogP contribution in [0.1, 0.15) is 17.7 Å². The Hall–Kier alpha value is -7.24. The van der Waals surface area contributed by atoms with Crippen molar-refractivity contribution in [1.29, 1.82) is 0 Å². The molecule has 4 aromatic heterocycles. The maximum absolute atomic E-state index is 6.69. The average molecular weight is 705 g/mol. The zero-order chi connectivity index (χ0) is 36.0. The third kappa shape index (κ3) is 4.41. The molecule has 0 bridgehead atoms. The Kier molecular flexibility index (Phi) is 6.39. The molecule has 0 saturated carbocycles. The first-order chi connectivity index (χ1) is 27.3. The van der Waals surface area contributed by atoms with Gasteiger partial charge < -0.3 is 8.98 Å². The fraction of sp³-hybridized carbons (Fsp3) is 0.0400. The van der Waals surface area contributed by atoms with E-state index >= 15 is 0 Å². The van der Waals surface area contributed by atoms with E-state index in [1.165, 1.54) is 21.9 Å². The van der Waals surface area contributed by atoms with Crippen molar-refractivity contribution in [2.24, 2.45) is 0 Å². The second kappa shape index (κ2) is 11.6. The Morgan fingerprint density at radius 2 is 1.20 bits per heavy atom. The maximum Gasteiger partial charge on any atom is 0.235 e. The number of allylic oxidation sites excluding steroid dienone is 1. The minimum atomic E-state index is 0.622. The molecule has 0 unspecified atom stereocenters. The third-order valence-electron chi connectivity index (χ3n) is 11.4. The Morgan fingerprint density at radius 3 is 2.05 bits per heavy atom. The molecule has 55 heavy (non-hydrogen) atoms. The monoisotopic (exact) mass is 704 g/mol. The first kappa shape index (κ1) is 30.2. The summed E-state index contributed by atoms with van der Waals surface area (Å²) >= 11 is 0. The van der Waals surface area contributed by atoms with E-state index in [0.29, 0.717) is 5.95 Å². The van der Waals surface area contributed by atoms with E-state index in [4.69, 9.17) is 14.4 Å². The molecule has 5 nitrogen and oxygen atoms in total. The molecule has 1 aliphatic rings. The van der Waals surface area contributed by atoms with Crippen LogP contribution in [0.2, 0.25) is 0 Å². The molecule has 0 atom stereocenters. The number of nitrogens with zero attached hydrogens (tertiary/aromatic N) is 4. The van der Waals surface area contributed by atoms with Crippen LogP contribution < -0.4 is 0 Å². The van der Waals surface area contributed by atoms with E-state index < -0.39 is 0 Å². The Labute approximate surface area is 316 Å². The van der Waals surface area contributed by atoms with Crippen LogP contribution in [-0.2, 0) is 6.42 Å². The van der Waals surface area contributed by atoms with E-state index in [1.54, 1.807) is 0 Å². The molecule has 5 heteroatoms. The van der Waals surface area contributed by atoms with Gasteiger partial charge in [0.1, 0.15) is 22.6 Å². The van der Waals surface area contributed by atoms with Crippen LogP contribution in [0.15, 0.2) is 168 Å². The topological polar surface area (TPSA) is 48.8 Å². The van der Waals surface area contributed by atoms with Crippen LogP contribution in [0.5, 0.6) is 0 Å². The first-order valence-electron chi connectivity index (χ1n) is 18.9. The predicted molar refractivity (Wildman–Crippen MR) is 226 cm³/mol. The van der Waals surface area contributed by atoms with E-state index in [0.717, 1.165) is 95.8 Å². The van der Waals surface area contributed by atoms with Gasteiger partial charge in [-0.05, 0) is 77.2 Å². The Balaban J connectivity index is 1.23. The molecule has 4 heterocycles. The second-order valence-corrected chi connectivity index (χ2v) is 14.4. The SMILES string of the molecule is C1=Cc2oc3c(ccc4c3c3ccccc3n4-c3nc(-c4ccc(-c5ccccc5)cc4)c4c(n3)c3c5ccccc5ccc3n4-c3ccccc3)c2CC1. The normalized spacial score (nSPS) is 12.9. The quantitative estimate of drug-likeness (QED) is 0.183. The molecule has 0 radical (unpaired) electrons. The summed E-state index contributed by atoms with van der Waals surface area (Å²) in [5, 5.41) is 6.83. The minimum absolute atomic E-state index is 0.622. The first-order valence-corrected chi connectivity index (χ1v) is 18.9. The molecule has 11 aromatic rings. The molecule has 0 spiro atoms. The molecular weight excluding hydrogens is 673 g/mol. The Morgan fingerprint density at radius 1 is 0.509 bits per heavy atom. The summed E-state index contributed by atoms with van der Waals surface area (Å²) in [5.74, 6) is 1.58. The van der Waals surface area contributed by atoms with Gasteiger partial charge >= 0.3 is 0 Å². The highest BCUT2D eigenvalue weighted by Crippen LogP contribution is 2.44. The van der Waals surface area contributed by atoms with Gasteiger partial charge in [-0.3, -0.25) is 4.57 Å². The van der Waals surface area contributed by atoms with Gasteiger partial charge in [0.05, 0.1) is 27.5 Å². The molecule has 258 valence electrons. The highest BCUT2D eigenvalue weighted by Gasteiger charge is 2.26. The van der Waals surface area contributed by atoms with Crippen molar-refractivity contribution in [3.05, 3.63) is 175 Å². The van der Waals surface area contributed by atoms with E-state index in [-0.39, 0.29) is 0 Å². The van der Waals surface area contributed by atoms with Crippen LogP contribution in [0.25, 0.3) is 106 Å². The van der Waals surface area contributed by atoms with Crippen molar-refractivity contribution in [1.82, 2.24) is 19.1 Å². The second-order valence-electron chi connectivity index (χ2n) is 14.4. The number of aryl methyl sites for hydroxylation is 1. The van der Waals surface area contributed by atoms with E-state index in [2.05, 4.69) is 179 Å². The van der Waals surface area contributed by atoms with Crippen LogP contribution >= 0.6 is 0 Å². The summed E-state index contributed by atoms with van der Waals surface area (Å²) in [6.45, 7) is 0. The predicted octanol–water partition coefficient (Wildman–Crippen LogP) is 12.9. The van der Waals surface area contributed by atoms with Gasteiger partial charge in [0, 0.05) is 33.0 Å². The largest absolute Gasteiger partial charge is 0.456 e. The van der Waals surface area contributed by atoms with Gasteiger partial charge in [0.25, 0.3) is 0 Å². The van der Waals surface area contributed by atoms with Crippen molar-refractivity contribution in [3.8, 4) is 34.0 Å². The summed E-state index contributed by atoms with van der Waals surface area (Å²) in [6.07, 6.45) is 6.34. The van der Waals surface area contributed by atoms with Gasteiger partial charge in [-0.25, -0.2) is 9.97 Å². The standard InChI is InChI=1S/C50H32N4O/c1-3-13-31(14-4-1)32-23-25-34(26-24-32)46-48-47(44-36-18-8-7-15-33(36)27-29-41(44)53(48)35-16-5-2-6-17-35)52-50(51-46)54-40-21-11-9-20-39(40)45-42(54)30-28-38-37-19-10-12-22-43(37)55-49(38)45/h1-9,11-18,20-30H,10,19H2. The summed E-state index contributed by atoms with van der Waals surface area (Å²) in [6, 6.07) is 56.0. The summed E-state index contributed by atoms with van der Waals surface area (Å²) in [4.78, 5) is 11.2. The number of furan rings is 1. The Bertz CT molecular complexity index is 3350. The fourth-order valence-electron chi connectivity index (χ4n) is 8.95. The molecule has 0 N–H and O–H groups in total. The number of hydrogen-bond donors (Lipinski definition) is 0. The summed E-state index contributed by atoms with van der Waals surface area (Å²) in [7, 11) is 0. The minimum Gasteiger partial charge on any atom is -0.456 e. The third-order valence-corrected chi connectivity index (χ3v) is 11.4. The van der Waals surface area contributed by atoms with Gasteiger partial charge in [-0.2, -0.15) is 0 Å². The highest BCUT2D eigenvalue weighted by molar-refractivity contribution is 6.23. The lowest BCUT2D eigenvalue weighted by Crippen LogP contribution is -2.05. The van der Waals surface area contributed by atoms with Gasteiger partial charge in [-0.1, -0.05) is 127 Å². The average Bonchev–Trinajstić information content (AvgIpc) is 3.92. The van der Waals surface area contributed by atoms with Crippen LogP contribution in [0.3, 0.4) is 0 Å². The number of hydrogen-bond acceptors (Lipinski definition) is 3. The number of fused-ring (bicyclic) bond motifs is 12. The lowest BCUT2D eigenvalue weighted by Gasteiger charge is -2.14. The van der Waals surface area contributed by atoms with Crippen LogP contribution in [-0.4, -0.2) is 19.1 Å². The molecule has 0 aliphatic heterocycles. The summed E-state index contributed by atoms with van der Waals surface area (Å²) < 4.78 is 11.3. The zero-order valence-electron chi connectivity index (χ0n) is 29.8. The number of para-hydroxylation sites is 2. The van der Waals surface area contributed by atoms with Gasteiger partial charge in [0.15, 0.2) is 0 Å². The highest BCUT2D eigenvalue weighted by atomic mass is 16.3. The molecule has 0 amide bonds. The van der Waals surface area contributed by atoms with E-state index in [1.807, 2.05) is 0 Å². The molecule has 12 rings (SSSR count). The van der Waals surface area contributed by atoms with Gasteiger partial charge in [0.2, 0.25) is 5.95 Å². The van der Waals surface area contributed by atoms with Crippen LogP contribution in [0, 0.1) is 0 Å². The number of rotatable bonds is 4. The van der Waals surface area contributed by atoms with Crippen LogP contribution in [0.4, 0.5) is 0 Å². The van der Waals surface area contributed by atoms with Crippen molar-refractivity contribution in [2.45, 2.75) is 12.8 Å². The molecule has 1 aliphatic carbocycles.